The van der Waals surface area contributed by atoms with Crippen LogP contribution in [0.4, 0.5) is 0 Å². The smallest absolute Gasteiger partial charge is 0.0891 e. The lowest BCUT2D eigenvalue weighted by atomic mass is 10.1. The number of aromatic nitrogens is 1. The summed E-state index contributed by atoms with van der Waals surface area (Å²) >= 11 is 0. The fourth-order valence-electron chi connectivity index (χ4n) is 2.03. The largest absolute Gasteiger partial charge is 0.374 e. The predicted octanol–water partition coefficient (Wildman–Crippen LogP) is 2.05. The number of aryl methyl sites for hydroxylation is 1. The summed E-state index contributed by atoms with van der Waals surface area (Å²) in [4.78, 5) is 4.32. The molecule has 2 rings (SSSR count). The fraction of sp³-hybridized carbons (Fsp3) is 0.615. The van der Waals surface area contributed by atoms with Gasteiger partial charge in [0.1, 0.15) is 0 Å². The monoisotopic (exact) mass is 220 g/mol. The van der Waals surface area contributed by atoms with Crippen LogP contribution in [0.3, 0.4) is 0 Å². The molecular formula is C13H20N2O. The van der Waals surface area contributed by atoms with Crippen molar-refractivity contribution in [2.24, 2.45) is 0 Å². The Hall–Kier alpha value is -0.930. The molecule has 88 valence electrons. The number of piperidine rings is 1. The number of nitrogens with zero attached hydrogens (tertiary/aromatic N) is 1. The third kappa shape index (κ3) is 3.29. The summed E-state index contributed by atoms with van der Waals surface area (Å²) in [6.07, 6.45) is 5.69. The molecule has 1 fully saturated rings. The zero-order valence-electron chi connectivity index (χ0n) is 9.91. The summed E-state index contributed by atoms with van der Waals surface area (Å²) in [7, 11) is 0. The van der Waals surface area contributed by atoms with Gasteiger partial charge in [0.15, 0.2) is 0 Å². The number of ether oxygens (including phenoxy) is 1. The molecule has 1 aromatic rings. The van der Waals surface area contributed by atoms with Crippen LogP contribution < -0.4 is 5.32 Å². The first-order valence-corrected chi connectivity index (χ1v) is 6.08. The highest BCUT2D eigenvalue weighted by Crippen LogP contribution is 2.09. The highest BCUT2D eigenvalue weighted by Gasteiger charge is 2.12. The van der Waals surface area contributed by atoms with Crippen molar-refractivity contribution in [3.8, 4) is 0 Å². The quantitative estimate of drug-likeness (QED) is 0.843. The number of pyridine rings is 1. The van der Waals surface area contributed by atoms with Crippen LogP contribution in [0, 0.1) is 6.92 Å². The Balaban J connectivity index is 1.73. The van der Waals surface area contributed by atoms with Gasteiger partial charge >= 0.3 is 0 Å². The van der Waals surface area contributed by atoms with Crippen molar-refractivity contribution < 1.29 is 4.74 Å². The van der Waals surface area contributed by atoms with E-state index in [0.717, 1.165) is 18.8 Å². The summed E-state index contributed by atoms with van der Waals surface area (Å²) in [6, 6.07) is 4.57. The summed E-state index contributed by atoms with van der Waals surface area (Å²) < 4.78 is 5.72. The van der Waals surface area contributed by atoms with Gasteiger partial charge in [0.2, 0.25) is 0 Å². The van der Waals surface area contributed by atoms with Crippen molar-refractivity contribution in [2.75, 3.05) is 13.2 Å². The fourth-order valence-corrected chi connectivity index (χ4v) is 2.03. The second-order valence-electron chi connectivity index (χ2n) is 4.43. The Bertz CT molecular complexity index is 321. The maximum Gasteiger partial charge on any atom is 0.0891 e. The van der Waals surface area contributed by atoms with Crippen LogP contribution in [-0.4, -0.2) is 24.2 Å². The SMILES string of the molecule is Cc1cccnc1COCC1CCCCN1. The molecule has 3 heteroatoms. The maximum absolute atomic E-state index is 5.72. The van der Waals surface area contributed by atoms with Gasteiger partial charge in [-0.25, -0.2) is 0 Å². The van der Waals surface area contributed by atoms with Gasteiger partial charge in [0, 0.05) is 12.2 Å². The van der Waals surface area contributed by atoms with Crippen molar-refractivity contribution in [1.29, 1.82) is 0 Å². The molecule has 0 amide bonds. The lowest BCUT2D eigenvalue weighted by Gasteiger charge is -2.23. The van der Waals surface area contributed by atoms with E-state index < -0.39 is 0 Å². The van der Waals surface area contributed by atoms with Gasteiger partial charge in [-0.1, -0.05) is 12.5 Å². The van der Waals surface area contributed by atoms with Gasteiger partial charge in [-0.3, -0.25) is 4.98 Å². The zero-order valence-corrected chi connectivity index (χ0v) is 9.91. The van der Waals surface area contributed by atoms with Gasteiger partial charge in [-0.05, 0) is 37.9 Å². The average molecular weight is 220 g/mol. The second kappa shape index (κ2) is 5.97. The van der Waals surface area contributed by atoms with E-state index >= 15 is 0 Å². The first-order chi connectivity index (χ1) is 7.86. The second-order valence-corrected chi connectivity index (χ2v) is 4.43. The van der Waals surface area contributed by atoms with Gasteiger partial charge in [0.05, 0.1) is 18.9 Å². The molecule has 0 spiro atoms. The average Bonchev–Trinajstić information content (AvgIpc) is 2.33. The third-order valence-electron chi connectivity index (χ3n) is 3.09. The van der Waals surface area contributed by atoms with Crippen LogP contribution >= 0.6 is 0 Å². The molecule has 1 aliphatic heterocycles. The molecule has 0 aromatic carbocycles. The highest BCUT2D eigenvalue weighted by molar-refractivity contribution is 5.16. The van der Waals surface area contributed by atoms with Crippen molar-refractivity contribution in [3.63, 3.8) is 0 Å². The van der Waals surface area contributed by atoms with Crippen molar-refractivity contribution in [1.82, 2.24) is 10.3 Å². The van der Waals surface area contributed by atoms with E-state index in [1.165, 1.54) is 24.8 Å². The van der Waals surface area contributed by atoms with Crippen molar-refractivity contribution in [3.05, 3.63) is 29.6 Å². The standard InChI is InChI=1S/C13H20N2O/c1-11-5-4-8-15-13(11)10-16-9-12-6-2-3-7-14-12/h4-5,8,12,14H,2-3,6-7,9-10H2,1H3. The Morgan fingerprint density at radius 1 is 1.50 bits per heavy atom. The van der Waals surface area contributed by atoms with Crippen LogP contribution in [0.2, 0.25) is 0 Å². The molecular weight excluding hydrogens is 200 g/mol. The third-order valence-corrected chi connectivity index (χ3v) is 3.09. The van der Waals surface area contributed by atoms with Gasteiger partial charge in [-0.15, -0.1) is 0 Å². The van der Waals surface area contributed by atoms with E-state index in [1.807, 2.05) is 12.3 Å². The molecule has 0 bridgehead atoms. The topological polar surface area (TPSA) is 34.1 Å². The van der Waals surface area contributed by atoms with E-state index in [0.29, 0.717) is 12.6 Å². The minimum Gasteiger partial charge on any atom is -0.374 e. The Morgan fingerprint density at radius 3 is 3.19 bits per heavy atom. The minimum atomic E-state index is 0.540. The molecule has 1 unspecified atom stereocenters. The number of rotatable bonds is 4. The van der Waals surface area contributed by atoms with E-state index in [4.69, 9.17) is 4.74 Å². The predicted molar refractivity (Wildman–Crippen MR) is 64.3 cm³/mol. The molecule has 1 aliphatic rings. The minimum absolute atomic E-state index is 0.540. The van der Waals surface area contributed by atoms with E-state index in [-0.39, 0.29) is 0 Å². The van der Waals surface area contributed by atoms with Gasteiger partial charge in [0.25, 0.3) is 0 Å². The Kier molecular flexibility index (Phi) is 4.31. The first-order valence-electron chi connectivity index (χ1n) is 6.08. The van der Waals surface area contributed by atoms with Crippen LogP contribution in [0.1, 0.15) is 30.5 Å². The van der Waals surface area contributed by atoms with Gasteiger partial charge in [-0.2, -0.15) is 0 Å². The Labute approximate surface area is 97.2 Å². The summed E-state index contributed by atoms with van der Waals surface area (Å²) in [5, 5.41) is 3.47. The summed E-state index contributed by atoms with van der Waals surface area (Å²) in [5.74, 6) is 0. The molecule has 0 saturated carbocycles. The summed E-state index contributed by atoms with van der Waals surface area (Å²) in [6.45, 7) is 4.64. The maximum atomic E-state index is 5.72. The molecule has 1 N–H and O–H groups in total. The van der Waals surface area contributed by atoms with Crippen molar-refractivity contribution in [2.45, 2.75) is 38.8 Å². The molecule has 1 atom stereocenters. The van der Waals surface area contributed by atoms with Crippen LogP contribution in [0.25, 0.3) is 0 Å². The molecule has 0 radical (unpaired) electrons. The number of nitrogens with one attached hydrogen (secondary N) is 1. The number of hydrogen-bond acceptors (Lipinski definition) is 3. The van der Waals surface area contributed by atoms with Crippen LogP contribution in [-0.2, 0) is 11.3 Å². The van der Waals surface area contributed by atoms with E-state index in [9.17, 15) is 0 Å². The summed E-state index contributed by atoms with van der Waals surface area (Å²) in [5.41, 5.74) is 2.26. The molecule has 16 heavy (non-hydrogen) atoms. The zero-order chi connectivity index (χ0) is 11.2. The lowest BCUT2D eigenvalue weighted by Crippen LogP contribution is -2.37. The van der Waals surface area contributed by atoms with Gasteiger partial charge < -0.3 is 10.1 Å². The highest BCUT2D eigenvalue weighted by atomic mass is 16.5. The first kappa shape index (κ1) is 11.6. The molecule has 3 nitrogen and oxygen atoms in total. The molecule has 2 heterocycles. The van der Waals surface area contributed by atoms with Crippen molar-refractivity contribution >= 4 is 0 Å². The molecule has 0 aliphatic carbocycles. The van der Waals surface area contributed by atoms with E-state index in [1.54, 1.807) is 0 Å². The molecule has 1 aromatic heterocycles. The van der Waals surface area contributed by atoms with Crippen LogP contribution in [0.5, 0.6) is 0 Å². The number of hydrogen-bond donors (Lipinski definition) is 1. The normalized spacial score (nSPS) is 20.9. The van der Waals surface area contributed by atoms with Crippen LogP contribution in [0.15, 0.2) is 18.3 Å². The molecule has 1 saturated heterocycles. The Morgan fingerprint density at radius 2 is 2.44 bits per heavy atom. The lowest BCUT2D eigenvalue weighted by molar-refractivity contribution is 0.0887. The van der Waals surface area contributed by atoms with E-state index in [2.05, 4.69) is 23.3 Å².